The van der Waals surface area contributed by atoms with Gasteiger partial charge in [-0.15, -0.1) is 0 Å². The van der Waals surface area contributed by atoms with E-state index < -0.39 is 5.82 Å². The topological polar surface area (TPSA) is 72.0 Å². The second kappa shape index (κ2) is 8.69. The highest BCUT2D eigenvalue weighted by molar-refractivity contribution is 5.88. The number of benzene rings is 1. The van der Waals surface area contributed by atoms with Crippen LogP contribution >= 0.6 is 0 Å². The summed E-state index contributed by atoms with van der Waals surface area (Å²) in [5.41, 5.74) is 2.77. The van der Waals surface area contributed by atoms with E-state index in [2.05, 4.69) is 20.6 Å². The first-order valence-electron chi connectivity index (χ1n) is 10.1. The van der Waals surface area contributed by atoms with E-state index in [1.54, 1.807) is 18.5 Å². The zero-order valence-corrected chi connectivity index (χ0v) is 16.8. The normalized spacial score (nSPS) is 16.9. The summed E-state index contributed by atoms with van der Waals surface area (Å²) in [5, 5.41) is 6.88. The number of rotatable bonds is 6. The number of hydrogen-bond acceptors (Lipinski definition) is 6. The Hall–Kier alpha value is -2.80. The lowest BCUT2D eigenvalue weighted by atomic mass is 10.00. The lowest BCUT2D eigenvalue weighted by molar-refractivity contribution is 0.231. The molecule has 1 aliphatic heterocycles. The summed E-state index contributed by atoms with van der Waals surface area (Å²) in [6, 6.07) is 6.76. The Morgan fingerprint density at radius 2 is 2.10 bits per heavy atom. The average Bonchev–Trinajstić information content (AvgIpc) is 2.73. The van der Waals surface area contributed by atoms with E-state index in [4.69, 9.17) is 9.72 Å². The smallest absolute Gasteiger partial charge is 0.165 e. The molecule has 0 aliphatic carbocycles. The van der Waals surface area contributed by atoms with E-state index in [-0.39, 0.29) is 11.9 Å². The maximum Gasteiger partial charge on any atom is 0.165 e. The Bertz CT molecular complexity index is 988. The third-order valence-electron chi connectivity index (χ3n) is 5.00. The van der Waals surface area contributed by atoms with Crippen molar-refractivity contribution in [2.24, 2.45) is 5.92 Å². The molecule has 6 nitrogen and oxygen atoms in total. The number of hydrogen-bond donors (Lipinski definition) is 2. The van der Waals surface area contributed by atoms with Gasteiger partial charge < -0.3 is 15.4 Å². The number of aromatic nitrogens is 3. The summed E-state index contributed by atoms with van der Waals surface area (Å²) in [6.45, 7) is 6.64. The van der Waals surface area contributed by atoms with Crippen molar-refractivity contribution in [3.63, 3.8) is 0 Å². The molecular weight excluding hydrogens is 369 g/mol. The summed E-state index contributed by atoms with van der Waals surface area (Å²) < 4.78 is 20.0. The molecule has 1 saturated heterocycles. The van der Waals surface area contributed by atoms with Gasteiger partial charge in [0.05, 0.1) is 17.3 Å². The zero-order chi connectivity index (χ0) is 20.2. The molecule has 0 radical (unpaired) electrons. The first-order valence-corrected chi connectivity index (χ1v) is 10.1. The lowest BCUT2D eigenvalue weighted by Gasteiger charge is -2.23. The minimum Gasteiger partial charge on any atom is -0.488 e. The van der Waals surface area contributed by atoms with Crippen molar-refractivity contribution in [2.45, 2.75) is 32.8 Å². The Morgan fingerprint density at radius 1 is 1.24 bits per heavy atom. The van der Waals surface area contributed by atoms with Gasteiger partial charge in [-0.05, 0) is 70.0 Å². The fourth-order valence-electron chi connectivity index (χ4n) is 3.59. The van der Waals surface area contributed by atoms with Gasteiger partial charge in [0.15, 0.2) is 17.4 Å². The fraction of sp³-hybridized carbons (Fsp3) is 0.409. The van der Waals surface area contributed by atoms with Gasteiger partial charge in [0.25, 0.3) is 0 Å². The molecule has 2 N–H and O–H groups in total. The van der Waals surface area contributed by atoms with Gasteiger partial charge in [-0.1, -0.05) is 0 Å². The van der Waals surface area contributed by atoms with E-state index in [0.29, 0.717) is 23.0 Å². The van der Waals surface area contributed by atoms with Crippen LogP contribution in [-0.4, -0.2) is 40.7 Å². The number of ether oxygens (including phenoxy) is 1. The number of halogens is 1. The molecule has 0 saturated carbocycles. The molecule has 4 rings (SSSR count). The van der Waals surface area contributed by atoms with Gasteiger partial charge in [-0.3, -0.25) is 4.98 Å². The van der Waals surface area contributed by atoms with Crippen LogP contribution in [0.5, 0.6) is 5.75 Å². The van der Waals surface area contributed by atoms with Crippen LogP contribution in [0.1, 0.15) is 26.7 Å². The summed E-state index contributed by atoms with van der Waals surface area (Å²) in [4.78, 5) is 13.6. The molecule has 1 atom stereocenters. The van der Waals surface area contributed by atoms with E-state index >= 15 is 0 Å². The summed E-state index contributed by atoms with van der Waals surface area (Å²) in [6.07, 6.45) is 5.60. The number of fused-ring (bicyclic) bond motifs is 1. The number of piperidine rings is 1. The molecule has 3 heterocycles. The summed E-state index contributed by atoms with van der Waals surface area (Å²) in [7, 11) is 0. The first-order chi connectivity index (χ1) is 14.1. The third-order valence-corrected chi connectivity index (χ3v) is 5.00. The molecule has 152 valence electrons. The van der Waals surface area contributed by atoms with Crippen LogP contribution < -0.4 is 15.4 Å². The molecule has 1 unspecified atom stereocenters. The van der Waals surface area contributed by atoms with Crippen LogP contribution in [0.4, 0.5) is 10.2 Å². The van der Waals surface area contributed by atoms with Crippen molar-refractivity contribution < 1.29 is 9.13 Å². The van der Waals surface area contributed by atoms with Crippen LogP contribution in [0, 0.1) is 11.7 Å². The maximum absolute atomic E-state index is 14.5. The van der Waals surface area contributed by atoms with Crippen molar-refractivity contribution in [1.29, 1.82) is 0 Å². The maximum atomic E-state index is 14.5. The minimum atomic E-state index is -0.403. The van der Waals surface area contributed by atoms with E-state index in [0.717, 1.165) is 30.7 Å². The molecule has 1 aromatic carbocycles. The Balaban J connectivity index is 1.65. The molecule has 3 aromatic rings. The molecule has 29 heavy (non-hydrogen) atoms. The Kier molecular flexibility index (Phi) is 5.85. The second-order valence-corrected chi connectivity index (χ2v) is 7.69. The van der Waals surface area contributed by atoms with Crippen LogP contribution in [0.25, 0.3) is 22.3 Å². The highest BCUT2D eigenvalue weighted by Crippen LogP contribution is 2.29. The van der Waals surface area contributed by atoms with Gasteiger partial charge in [-0.2, -0.15) is 0 Å². The molecule has 2 aromatic heterocycles. The van der Waals surface area contributed by atoms with Crippen molar-refractivity contribution in [1.82, 2.24) is 20.3 Å². The van der Waals surface area contributed by atoms with Crippen molar-refractivity contribution in [3.05, 3.63) is 42.5 Å². The van der Waals surface area contributed by atoms with E-state index in [9.17, 15) is 4.39 Å². The van der Waals surface area contributed by atoms with Crippen LogP contribution in [0.15, 0.2) is 36.7 Å². The number of anilines is 1. The number of nitrogens with zero attached hydrogens (tertiary/aromatic N) is 3. The SMILES string of the molecule is CC(C)Oc1ccc(-c2cc3nccnc3c(NCC3CCCNC3)n2)cc1F. The number of pyridine rings is 1. The zero-order valence-electron chi connectivity index (χ0n) is 16.8. The third kappa shape index (κ3) is 4.62. The average molecular weight is 395 g/mol. The van der Waals surface area contributed by atoms with Gasteiger partial charge in [0.1, 0.15) is 5.52 Å². The van der Waals surface area contributed by atoms with Gasteiger partial charge in [0, 0.05) is 24.5 Å². The molecule has 0 amide bonds. The monoisotopic (exact) mass is 395 g/mol. The summed E-state index contributed by atoms with van der Waals surface area (Å²) >= 11 is 0. The van der Waals surface area contributed by atoms with Crippen molar-refractivity contribution in [3.8, 4) is 17.0 Å². The van der Waals surface area contributed by atoms with Crippen LogP contribution in [0.2, 0.25) is 0 Å². The van der Waals surface area contributed by atoms with Crippen molar-refractivity contribution in [2.75, 3.05) is 25.0 Å². The first kappa shape index (κ1) is 19.5. The summed E-state index contributed by atoms with van der Waals surface area (Å²) in [5.74, 6) is 1.07. The van der Waals surface area contributed by atoms with Crippen molar-refractivity contribution >= 4 is 16.9 Å². The van der Waals surface area contributed by atoms with Crippen LogP contribution in [-0.2, 0) is 0 Å². The molecule has 1 fully saturated rings. The minimum absolute atomic E-state index is 0.0884. The lowest BCUT2D eigenvalue weighted by Crippen LogP contribution is -2.33. The highest BCUT2D eigenvalue weighted by Gasteiger charge is 2.16. The second-order valence-electron chi connectivity index (χ2n) is 7.69. The molecular formula is C22H26FN5O. The molecule has 0 bridgehead atoms. The standard InChI is InChI=1S/C22H26FN5O/c1-14(2)29-20-6-5-16(10-17(20)23)18-11-19-21(26-9-8-25-19)22(28-18)27-13-15-4-3-7-24-12-15/h5-6,8-11,14-15,24H,3-4,7,12-13H2,1-2H3,(H,27,28). The largest absolute Gasteiger partial charge is 0.488 e. The highest BCUT2D eigenvalue weighted by atomic mass is 19.1. The van der Waals surface area contributed by atoms with E-state index in [1.165, 1.54) is 18.9 Å². The predicted molar refractivity (Wildman–Crippen MR) is 113 cm³/mol. The molecule has 7 heteroatoms. The molecule has 0 spiro atoms. The molecule has 1 aliphatic rings. The van der Waals surface area contributed by atoms with Gasteiger partial charge in [0.2, 0.25) is 0 Å². The Labute approximate surface area is 169 Å². The Morgan fingerprint density at radius 3 is 2.86 bits per heavy atom. The quantitative estimate of drug-likeness (QED) is 0.657. The predicted octanol–water partition coefficient (Wildman–Crippen LogP) is 4.03. The van der Waals surface area contributed by atoms with Gasteiger partial charge >= 0.3 is 0 Å². The van der Waals surface area contributed by atoms with Crippen LogP contribution in [0.3, 0.4) is 0 Å². The fourth-order valence-corrected chi connectivity index (χ4v) is 3.59. The number of nitrogens with one attached hydrogen (secondary N) is 2. The van der Waals surface area contributed by atoms with Gasteiger partial charge in [-0.25, -0.2) is 14.4 Å². The van der Waals surface area contributed by atoms with E-state index in [1.807, 2.05) is 26.0 Å².